The maximum Gasteiger partial charge on any atom is 0.316 e. The van der Waals surface area contributed by atoms with Crippen LogP contribution in [-0.4, -0.2) is 28.2 Å². The summed E-state index contributed by atoms with van der Waals surface area (Å²) in [6, 6.07) is -0.352. The normalized spacial score (nSPS) is 12.1. The highest BCUT2D eigenvalue weighted by Gasteiger charge is 2.11. The summed E-state index contributed by atoms with van der Waals surface area (Å²) in [7, 11) is 1.45. The first-order valence-corrected chi connectivity index (χ1v) is 3.96. The highest BCUT2D eigenvalue weighted by molar-refractivity contribution is 5.67. The number of hydrogen-bond acceptors (Lipinski definition) is 5. The second-order valence-electron chi connectivity index (χ2n) is 2.71. The summed E-state index contributed by atoms with van der Waals surface area (Å²) >= 11 is 0. The predicted octanol–water partition coefficient (Wildman–Crippen LogP) is -0.0403. The number of ether oxygens (including phenoxy) is 1. The Hall–Kier alpha value is -1.69. The molecule has 14 heavy (non-hydrogen) atoms. The van der Waals surface area contributed by atoms with Crippen molar-refractivity contribution in [2.45, 2.75) is 12.5 Å². The third-order valence-electron chi connectivity index (χ3n) is 1.65. The van der Waals surface area contributed by atoms with Gasteiger partial charge in [0.1, 0.15) is 0 Å². The molecule has 1 aromatic rings. The molecule has 1 rings (SSSR count). The monoisotopic (exact) mass is 197 g/mol. The first kappa shape index (κ1) is 10.4. The van der Waals surface area contributed by atoms with Crippen molar-refractivity contribution >= 4 is 5.97 Å². The lowest BCUT2D eigenvalue weighted by Gasteiger charge is -2.07. The van der Waals surface area contributed by atoms with Crippen LogP contribution in [0.15, 0.2) is 12.4 Å². The minimum Gasteiger partial charge on any atom is -0.481 e. The van der Waals surface area contributed by atoms with Crippen LogP contribution in [-0.2, 0) is 4.79 Å². The van der Waals surface area contributed by atoms with Gasteiger partial charge in [0.25, 0.3) is 0 Å². The number of methoxy groups -OCH3 is 1. The summed E-state index contributed by atoms with van der Waals surface area (Å²) in [4.78, 5) is 18.0. The largest absolute Gasteiger partial charge is 0.481 e. The van der Waals surface area contributed by atoms with E-state index in [1.165, 1.54) is 19.5 Å². The molecule has 1 heterocycles. The summed E-state index contributed by atoms with van der Waals surface area (Å²) in [5.41, 5.74) is 6.16. The Kier molecular flexibility index (Phi) is 3.35. The Morgan fingerprint density at radius 3 is 2.64 bits per heavy atom. The Morgan fingerprint density at radius 2 is 2.21 bits per heavy atom. The van der Waals surface area contributed by atoms with Crippen LogP contribution in [0.1, 0.15) is 18.0 Å². The van der Waals surface area contributed by atoms with E-state index in [1.54, 1.807) is 0 Å². The fraction of sp³-hybridized carbons (Fsp3) is 0.375. The summed E-state index contributed by atoms with van der Waals surface area (Å²) < 4.78 is 4.75. The van der Waals surface area contributed by atoms with Gasteiger partial charge in [0.15, 0.2) is 0 Å². The first-order valence-electron chi connectivity index (χ1n) is 3.96. The van der Waals surface area contributed by atoms with Crippen molar-refractivity contribution < 1.29 is 14.6 Å². The number of aliphatic carboxylic acids is 1. The second kappa shape index (κ2) is 4.52. The molecule has 0 fully saturated rings. The van der Waals surface area contributed by atoms with Crippen molar-refractivity contribution in [3.05, 3.63) is 18.0 Å². The zero-order valence-corrected chi connectivity index (χ0v) is 7.67. The van der Waals surface area contributed by atoms with E-state index >= 15 is 0 Å². The van der Waals surface area contributed by atoms with Crippen molar-refractivity contribution in [2.24, 2.45) is 5.73 Å². The molecule has 0 spiro atoms. The number of hydrogen-bond donors (Lipinski definition) is 2. The standard InChI is InChI=1S/C8H11N3O3/c1-14-8-10-3-5(4-11-8)6(9)2-7(12)13/h3-4,6H,2,9H2,1H3,(H,12,13). The lowest BCUT2D eigenvalue weighted by atomic mass is 10.1. The van der Waals surface area contributed by atoms with Gasteiger partial charge in [-0.25, -0.2) is 9.97 Å². The molecule has 3 N–H and O–H groups in total. The summed E-state index contributed by atoms with van der Waals surface area (Å²) in [6.07, 6.45) is 2.77. The SMILES string of the molecule is COc1ncc(C(N)CC(=O)O)cn1. The number of rotatable bonds is 4. The molecule has 76 valence electrons. The average molecular weight is 197 g/mol. The van der Waals surface area contributed by atoms with Crippen LogP contribution in [0.3, 0.4) is 0 Å². The van der Waals surface area contributed by atoms with Crippen LogP contribution >= 0.6 is 0 Å². The van der Waals surface area contributed by atoms with Crippen molar-refractivity contribution in [1.82, 2.24) is 9.97 Å². The molecule has 0 aromatic carbocycles. The van der Waals surface area contributed by atoms with E-state index < -0.39 is 12.0 Å². The van der Waals surface area contributed by atoms with E-state index in [4.69, 9.17) is 15.6 Å². The number of nitrogens with two attached hydrogens (primary N) is 1. The molecular weight excluding hydrogens is 186 g/mol. The molecule has 0 saturated carbocycles. The van der Waals surface area contributed by atoms with Crippen LogP contribution in [0.25, 0.3) is 0 Å². The van der Waals surface area contributed by atoms with Crippen LogP contribution in [0.5, 0.6) is 6.01 Å². The van der Waals surface area contributed by atoms with Crippen molar-refractivity contribution in [3.8, 4) is 6.01 Å². The van der Waals surface area contributed by atoms with Gasteiger partial charge >= 0.3 is 12.0 Å². The maximum atomic E-state index is 10.4. The number of aromatic nitrogens is 2. The number of carboxylic acids is 1. The van der Waals surface area contributed by atoms with Gasteiger partial charge in [0.2, 0.25) is 0 Å². The summed E-state index contributed by atoms with van der Waals surface area (Å²) in [5, 5.41) is 8.50. The van der Waals surface area contributed by atoms with Gasteiger partial charge in [-0.3, -0.25) is 4.79 Å². The Morgan fingerprint density at radius 1 is 1.64 bits per heavy atom. The van der Waals surface area contributed by atoms with E-state index in [0.717, 1.165) is 0 Å². The van der Waals surface area contributed by atoms with Crippen molar-refractivity contribution in [3.63, 3.8) is 0 Å². The maximum absolute atomic E-state index is 10.4. The van der Waals surface area contributed by atoms with E-state index in [-0.39, 0.29) is 12.4 Å². The predicted molar refractivity (Wildman–Crippen MR) is 47.8 cm³/mol. The van der Waals surface area contributed by atoms with Gasteiger partial charge < -0.3 is 15.6 Å². The number of carboxylic acid groups (broad SMARTS) is 1. The van der Waals surface area contributed by atoms with Gasteiger partial charge in [0, 0.05) is 24.0 Å². The number of nitrogens with zero attached hydrogens (tertiary/aromatic N) is 2. The molecule has 1 unspecified atom stereocenters. The summed E-state index contributed by atoms with van der Waals surface area (Å²) in [6.45, 7) is 0. The quantitative estimate of drug-likeness (QED) is 0.702. The van der Waals surface area contributed by atoms with E-state index in [2.05, 4.69) is 9.97 Å². The summed E-state index contributed by atoms with van der Waals surface area (Å²) in [5.74, 6) is -0.951. The van der Waals surface area contributed by atoms with Crippen molar-refractivity contribution in [1.29, 1.82) is 0 Å². The third kappa shape index (κ3) is 2.67. The minimum atomic E-state index is -0.951. The van der Waals surface area contributed by atoms with Gasteiger partial charge in [-0.15, -0.1) is 0 Å². The fourth-order valence-electron chi connectivity index (χ4n) is 0.929. The zero-order valence-electron chi connectivity index (χ0n) is 7.67. The highest BCUT2D eigenvalue weighted by Crippen LogP contribution is 2.12. The van der Waals surface area contributed by atoms with Crippen molar-refractivity contribution in [2.75, 3.05) is 7.11 Å². The molecule has 0 aliphatic carbocycles. The Bertz CT molecular complexity index is 312. The lowest BCUT2D eigenvalue weighted by Crippen LogP contribution is -2.15. The Balaban J connectivity index is 2.71. The molecule has 0 radical (unpaired) electrons. The van der Waals surface area contributed by atoms with E-state index in [0.29, 0.717) is 5.56 Å². The molecule has 0 amide bonds. The highest BCUT2D eigenvalue weighted by atomic mass is 16.5. The number of carbonyl (C=O) groups is 1. The van der Waals surface area contributed by atoms with Gasteiger partial charge in [0.05, 0.1) is 13.5 Å². The van der Waals surface area contributed by atoms with Crippen LogP contribution in [0.2, 0.25) is 0 Å². The van der Waals surface area contributed by atoms with Gasteiger partial charge in [-0.2, -0.15) is 0 Å². The first-order chi connectivity index (χ1) is 6.63. The molecule has 0 bridgehead atoms. The lowest BCUT2D eigenvalue weighted by molar-refractivity contribution is -0.137. The molecule has 6 nitrogen and oxygen atoms in total. The smallest absolute Gasteiger partial charge is 0.316 e. The molecule has 0 aliphatic heterocycles. The van der Waals surface area contributed by atoms with Gasteiger partial charge in [-0.05, 0) is 0 Å². The second-order valence-corrected chi connectivity index (χ2v) is 2.71. The topological polar surface area (TPSA) is 98.3 Å². The van der Waals surface area contributed by atoms with Gasteiger partial charge in [-0.1, -0.05) is 0 Å². The fourth-order valence-corrected chi connectivity index (χ4v) is 0.929. The average Bonchev–Trinajstić information content (AvgIpc) is 2.17. The molecule has 1 aromatic heterocycles. The zero-order chi connectivity index (χ0) is 10.6. The molecule has 0 aliphatic rings. The van der Waals surface area contributed by atoms with Crippen LogP contribution in [0.4, 0.5) is 0 Å². The Labute approximate surface area is 80.7 Å². The van der Waals surface area contributed by atoms with E-state index in [9.17, 15) is 4.79 Å². The molecule has 0 saturated heterocycles. The van der Waals surface area contributed by atoms with Crippen LogP contribution < -0.4 is 10.5 Å². The van der Waals surface area contributed by atoms with E-state index in [1.807, 2.05) is 0 Å². The minimum absolute atomic E-state index is 0.143. The molecule has 1 atom stereocenters. The molecular formula is C8H11N3O3. The van der Waals surface area contributed by atoms with Crippen LogP contribution in [0, 0.1) is 0 Å². The third-order valence-corrected chi connectivity index (χ3v) is 1.65. The molecule has 6 heteroatoms.